The van der Waals surface area contributed by atoms with E-state index in [-0.39, 0.29) is 11.7 Å². The van der Waals surface area contributed by atoms with Gasteiger partial charge < -0.3 is 15.0 Å². The Morgan fingerprint density at radius 3 is 2.91 bits per heavy atom. The van der Waals surface area contributed by atoms with Gasteiger partial charge in [0.25, 0.3) is 5.91 Å². The van der Waals surface area contributed by atoms with Gasteiger partial charge in [-0.05, 0) is 50.0 Å². The number of rotatable bonds is 2. The van der Waals surface area contributed by atoms with E-state index < -0.39 is 0 Å². The number of amides is 1. The molecule has 2 aromatic rings. The number of ether oxygens (including phenoxy) is 1. The summed E-state index contributed by atoms with van der Waals surface area (Å²) in [6, 6.07) is 4.31. The van der Waals surface area contributed by atoms with Crippen molar-refractivity contribution < 1.29 is 13.9 Å². The molecule has 1 aromatic heterocycles. The smallest absolute Gasteiger partial charge is 0.256 e. The number of carbonyl (C=O) groups excluding carboxylic acids is 1. The average Bonchev–Trinajstić information content (AvgIpc) is 3.05. The first-order valence-corrected chi connectivity index (χ1v) is 7.78. The minimum Gasteiger partial charge on any atom is -0.494 e. The molecule has 0 fully saturated rings. The second kappa shape index (κ2) is 5.26. The number of methoxy groups -OCH3 is 1. The highest BCUT2D eigenvalue weighted by molar-refractivity contribution is 6.34. The minimum absolute atomic E-state index is 0.222. The number of anilines is 1. The lowest BCUT2D eigenvalue weighted by Gasteiger charge is -2.11. The molecule has 2 N–H and O–H groups in total. The number of aryl methyl sites for hydroxylation is 1. The number of aromatic amines is 1. The largest absolute Gasteiger partial charge is 0.494 e. The fourth-order valence-corrected chi connectivity index (χ4v) is 3.46. The van der Waals surface area contributed by atoms with E-state index in [1.807, 2.05) is 0 Å². The maximum Gasteiger partial charge on any atom is 0.256 e. The highest BCUT2D eigenvalue weighted by atomic mass is 19.1. The number of hydrogen-bond donors (Lipinski definition) is 2. The van der Waals surface area contributed by atoms with Crippen LogP contribution in [-0.2, 0) is 17.6 Å². The summed E-state index contributed by atoms with van der Waals surface area (Å²) in [7, 11) is 1.64. The van der Waals surface area contributed by atoms with E-state index in [1.54, 1.807) is 19.3 Å². The SMILES string of the molecule is COc1c(C=C2C(=O)Nc3ccc(F)cc32)[nH]c2c1CCCC2. The Kier molecular flexibility index (Phi) is 3.22. The van der Waals surface area contributed by atoms with Gasteiger partial charge in [-0.25, -0.2) is 4.39 Å². The molecule has 0 saturated carbocycles. The zero-order valence-electron chi connectivity index (χ0n) is 12.8. The molecule has 4 nitrogen and oxygen atoms in total. The van der Waals surface area contributed by atoms with Crippen LogP contribution in [0, 0.1) is 5.82 Å². The van der Waals surface area contributed by atoms with E-state index >= 15 is 0 Å². The zero-order chi connectivity index (χ0) is 16.0. The lowest BCUT2D eigenvalue weighted by Crippen LogP contribution is -2.03. The molecule has 0 atom stereocenters. The lowest BCUT2D eigenvalue weighted by molar-refractivity contribution is -0.110. The fourth-order valence-electron chi connectivity index (χ4n) is 3.46. The molecule has 0 saturated heterocycles. The van der Waals surface area contributed by atoms with E-state index in [2.05, 4.69) is 10.3 Å². The summed E-state index contributed by atoms with van der Waals surface area (Å²) >= 11 is 0. The first kappa shape index (κ1) is 14.1. The van der Waals surface area contributed by atoms with E-state index in [0.717, 1.165) is 37.1 Å². The van der Waals surface area contributed by atoms with Crippen molar-refractivity contribution in [2.45, 2.75) is 25.7 Å². The van der Waals surface area contributed by atoms with Crippen molar-refractivity contribution >= 4 is 23.2 Å². The van der Waals surface area contributed by atoms with Gasteiger partial charge in [0, 0.05) is 22.5 Å². The van der Waals surface area contributed by atoms with Gasteiger partial charge in [0.05, 0.1) is 18.4 Å². The van der Waals surface area contributed by atoms with Gasteiger partial charge in [-0.15, -0.1) is 0 Å². The number of fused-ring (bicyclic) bond motifs is 2. The predicted octanol–water partition coefficient (Wildman–Crippen LogP) is 3.53. The summed E-state index contributed by atoms with van der Waals surface area (Å²) in [5.41, 5.74) is 4.84. The molecule has 23 heavy (non-hydrogen) atoms. The van der Waals surface area contributed by atoms with Gasteiger partial charge in [0.1, 0.15) is 11.6 Å². The maximum atomic E-state index is 13.5. The van der Waals surface area contributed by atoms with E-state index in [4.69, 9.17) is 4.74 Å². The Balaban J connectivity index is 1.84. The molecule has 4 rings (SSSR count). The van der Waals surface area contributed by atoms with Gasteiger partial charge in [-0.3, -0.25) is 4.79 Å². The standard InChI is InChI=1S/C18H17FN2O2/c1-23-17-11-4-2-3-5-14(11)20-16(17)9-13-12-8-10(19)6-7-15(12)21-18(13)22/h6-9,20H,2-5H2,1H3,(H,21,22). The van der Waals surface area contributed by atoms with Crippen molar-refractivity contribution in [3.63, 3.8) is 0 Å². The predicted molar refractivity (Wildman–Crippen MR) is 86.9 cm³/mol. The molecule has 2 heterocycles. The van der Waals surface area contributed by atoms with Gasteiger partial charge in [-0.1, -0.05) is 0 Å². The number of halogens is 1. The Bertz CT molecular complexity index is 836. The maximum absolute atomic E-state index is 13.5. The van der Waals surface area contributed by atoms with Crippen molar-refractivity contribution in [3.05, 3.63) is 46.5 Å². The Morgan fingerprint density at radius 2 is 2.09 bits per heavy atom. The van der Waals surface area contributed by atoms with Gasteiger partial charge in [0.15, 0.2) is 0 Å². The van der Waals surface area contributed by atoms with E-state index in [9.17, 15) is 9.18 Å². The second-order valence-corrected chi connectivity index (χ2v) is 5.94. The molecule has 1 aromatic carbocycles. The Labute approximate surface area is 133 Å². The Morgan fingerprint density at radius 1 is 1.26 bits per heavy atom. The van der Waals surface area contributed by atoms with Gasteiger partial charge >= 0.3 is 0 Å². The van der Waals surface area contributed by atoms with Crippen LogP contribution in [0.5, 0.6) is 5.75 Å². The summed E-state index contributed by atoms with van der Waals surface area (Å²) in [4.78, 5) is 15.6. The van der Waals surface area contributed by atoms with Crippen LogP contribution in [0.15, 0.2) is 18.2 Å². The normalized spacial score (nSPS) is 17.8. The summed E-state index contributed by atoms with van der Waals surface area (Å²) in [6.07, 6.45) is 6.03. The number of aromatic nitrogens is 1. The third kappa shape index (κ3) is 2.23. The van der Waals surface area contributed by atoms with Gasteiger partial charge in [0.2, 0.25) is 0 Å². The number of nitrogens with one attached hydrogen (secondary N) is 2. The highest BCUT2D eigenvalue weighted by Crippen LogP contribution is 2.38. The third-order valence-electron chi connectivity index (χ3n) is 4.53. The zero-order valence-corrected chi connectivity index (χ0v) is 12.8. The summed E-state index contributed by atoms with van der Waals surface area (Å²) in [5, 5.41) is 2.77. The molecule has 118 valence electrons. The second-order valence-electron chi connectivity index (χ2n) is 5.94. The van der Waals surface area contributed by atoms with Crippen LogP contribution in [0.2, 0.25) is 0 Å². The van der Waals surface area contributed by atoms with Crippen molar-refractivity contribution in [2.75, 3.05) is 12.4 Å². The first-order valence-electron chi connectivity index (χ1n) is 7.78. The van der Waals surface area contributed by atoms with Crippen LogP contribution >= 0.6 is 0 Å². The average molecular weight is 312 g/mol. The fraction of sp³-hybridized carbons (Fsp3) is 0.278. The molecular weight excluding hydrogens is 295 g/mol. The highest BCUT2D eigenvalue weighted by Gasteiger charge is 2.26. The monoisotopic (exact) mass is 312 g/mol. The van der Waals surface area contributed by atoms with E-state index in [1.165, 1.54) is 23.4 Å². The van der Waals surface area contributed by atoms with Crippen molar-refractivity contribution in [1.82, 2.24) is 4.98 Å². The van der Waals surface area contributed by atoms with Crippen molar-refractivity contribution in [2.24, 2.45) is 0 Å². The van der Waals surface area contributed by atoms with Crippen LogP contribution in [0.3, 0.4) is 0 Å². The molecule has 0 spiro atoms. The minimum atomic E-state index is -0.358. The summed E-state index contributed by atoms with van der Waals surface area (Å²) in [6.45, 7) is 0. The molecule has 1 amide bonds. The van der Waals surface area contributed by atoms with Crippen LogP contribution in [0.1, 0.15) is 35.4 Å². The molecule has 1 aliphatic carbocycles. The number of benzene rings is 1. The molecule has 2 aliphatic rings. The van der Waals surface area contributed by atoms with Crippen LogP contribution < -0.4 is 10.1 Å². The van der Waals surface area contributed by atoms with Crippen LogP contribution in [0.4, 0.5) is 10.1 Å². The number of H-pyrrole nitrogens is 1. The van der Waals surface area contributed by atoms with Crippen LogP contribution in [-0.4, -0.2) is 18.0 Å². The molecule has 5 heteroatoms. The molecule has 0 unspecified atom stereocenters. The van der Waals surface area contributed by atoms with Crippen molar-refractivity contribution in [1.29, 1.82) is 0 Å². The number of hydrogen-bond acceptors (Lipinski definition) is 2. The topological polar surface area (TPSA) is 54.1 Å². The molecule has 0 radical (unpaired) electrons. The third-order valence-corrected chi connectivity index (χ3v) is 4.53. The Hall–Kier alpha value is -2.56. The van der Waals surface area contributed by atoms with E-state index in [0.29, 0.717) is 16.8 Å². The van der Waals surface area contributed by atoms with Crippen LogP contribution in [0.25, 0.3) is 11.6 Å². The molecular formula is C18H17FN2O2. The molecule has 1 aliphatic heterocycles. The number of carbonyl (C=O) groups is 1. The molecule has 0 bridgehead atoms. The quantitative estimate of drug-likeness (QED) is 0.834. The lowest BCUT2D eigenvalue weighted by atomic mass is 9.97. The first-order chi connectivity index (χ1) is 11.2. The summed E-state index contributed by atoms with van der Waals surface area (Å²) < 4.78 is 19.1. The van der Waals surface area contributed by atoms with Gasteiger partial charge in [-0.2, -0.15) is 0 Å². The van der Waals surface area contributed by atoms with Crippen molar-refractivity contribution in [3.8, 4) is 5.75 Å². The summed E-state index contributed by atoms with van der Waals surface area (Å²) in [5.74, 6) is 0.217.